The standard InChI is InChI=1S/C10H15N3O6/c11-1-4-2-13(10(18)12-8(4)17)9-7(16)6(15)5(3-14)19-9/h2,5-7,9,14-16H,1,3,11H2,(H,12,17,18)/t5-,6?,7+,9-/m1/s1. The van der Waals surface area contributed by atoms with E-state index in [-0.39, 0.29) is 12.1 Å². The summed E-state index contributed by atoms with van der Waals surface area (Å²) < 4.78 is 6.13. The van der Waals surface area contributed by atoms with Crippen LogP contribution in [0.25, 0.3) is 0 Å². The van der Waals surface area contributed by atoms with Crippen molar-refractivity contribution in [1.29, 1.82) is 0 Å². The lowest BCUT2D eigenvalue weighted by Crippen LogP contribution is -2.39. The highest BCUT2D eigenvalue weighted by Crippen LogP contribution is 2.27. The molecule has 1 aliphatic rings. The van der Waals surface area contributed by atoms with E-state index in [2.05, 4.69) is 0 Å². The molecule has 0 aliphatic carbocycles. The van der Waals surface area contributed by atoms with Gasteiger partial charge in [-0.15, -0.1) is 0 Å². The van der Waals surface area contributed by atoms with E-state index >= 15 is 0 Å². The largest absolute Gasteiger partial charge is 0.394 e. The van der Waals surface area contributed by atoms with Gasteiger partial charge < -0.3 is 25.8 Å². The van der Waals surface area contributed by atoms with E-state index in [0.29, 0.717) is 0 Å². The van der Waals surface area contributed by atoms with Gasteiger partial charge in [-0.1, -0.05) is 0 Å². The Balaban J connectivity index is 2.43. The number of aromatic amines is 1. The van der Waals surface area contributed by atoms with Crippen LogP contribution in [0.1, 0.15) is 11.8 Å². The second kappa shape index (κ2) is 5.23. The Morgan fingerprint density at radius 2 is 2.05 bits per heavy atom. The first-order chi connectivity index (χ1) is 8.99. The first-order valence-corrected chi connectivity index (χ1v) is 5.66. The molecule has 9 heteroatoms. The second-order valence-electron chi connectivity index (χ2n) is 4.25. The highest BCUT2D eigenvalue weighted by molar-refractivity contribution is 5.05. The predicted molar refractivity (Wildman–Crippen MR) is 62.2 cm³/mol. The Kier molecular flexibility index (Phi) is 3.83. The number of aliphatic hydroxyl groups excluding tert-OH is 3. The van der Waals surface area contributed by atoms with Crippen molar-refractivity contribution in [2.75, 3.05) is 6.61 Å². The molecule has 1 aliphatic heterocycles. The summed E-state index contributed by atoms with van der Waals surface area (Å²) >= 11 is 0. The number of rotatable bonds is 3. The number of ether oxygens (including phenoxy) is 1. The van der Waals surface area contributed by atoms with Crippen LogP contribution in [0.4, 0.5) is 0 Å². The molecule has 0 amide bonds. The van der Waals surface area contributed by atoms with Gasteiger partial charge in [0.05, 0.1) is 6.61 Å². The van der Waals surface area contributed by atoms with Crippen LogP contribution in [-0.4, -0.2) is 49.8 Å². The van der Waals surface area contributed by atoms with Gasteiger partial charge in [0, 0.05) is 18.3 Å². The van der Waals surface area contributed by atoms with E-state index in [1.54, 1.807) is 0 Å². The number of nitrogens with two attached hydrogens (primary N) is 1. The van der Waals surface area contributed by atoms with Crippen LogP contribution in [0, 0.1) is 0 Å². The maximum absolute atomic E-state index is 11.7. The molecule has 0 aromatic carbocycles. The molecule has 1 fully saturated rings. The number of aliphatic hydroxyl groups is 3. The van der Waals surface area contributed by atoms with Crippen LogP contribution < -0.4 is 17.0 Å². The SMILES string of the molecule is NCc1cn([C@@H]2O[C@H](CO)C(O)[C@@H]2O)c(=O)[nH]c1=O. The molecule has 1 aromatic rings. The van der Waals surface area contributed by atoms with Crippen LogP contribution in [-0.2, 0) is 11.3 Å². The Labute approximate surface area is 106 Å². The first-order valence-electron chi connectivity index (χ1n) is 5.66. The molecule has 0 radical (unpaired) electrons. The molecule has 106 valence electrons. The molecule has 2 heterocycles. The third-order valence-electron chi connectivity index (χ3n) is 3.05. The number of aromatic nitrogens is 2. The van der Waals surface area contributed by atoms with Crippen LogP contribution in [0.2, 0.25) is 0 Å². The Hall–Kier alpha value is -1.52. The van der Waals surface area contributed by atoms with Gasteiger partial charge in [0.15, 0.2) is 6.23 Å². The van der Waals surface area contributed by atoms with Crippen molar-refractivity contribution in [1.82, 2.24) is 9.55 Å². The van der Waals surface area contributed by atoms with Gasteiger partial charge in [0.25, 0.3) is 5.56 Å². The van der Waals surface area contributed by atoms with E-state index in [0.717, 1.165) is 4.57 Å². The number of nitrogens with one attached hydrogen (secondary N) is 1. The first kappa shape index (κ1) is 13.9. The highest BCUT2D eigenvalue weighted by Gasteiger charge is 2.43. The van der Waals surface area contributed by atoms with Gasteiger partial charge in [0.1, 0.15) is 18.3 Å². The number of hydrogen-bond acceptors (Lipinski definition) is 7. The Bertz CT molecular complexity index is 567. The predicted octanol–water partition coefficient (Wildman–Crippen LogP) is -3.39. The zero-order valence-electron chi connectivity index (χ0n) is 9.89. The third kappa shape index (κ3) is 2.33. The lowest BCUT2D eigenvalue weighted by Gasteiger charge is -2.17. The minimum Gasteiger partial charge on any atom is -0.394 e. The van der Waals surface area contributed by atoms with Gasteiger partial charge in [-0.25, -0.2) is 4.79 Å². The molecule has 0 spiro atoms. The minimum absolute atomic E-state index is 0.0928. The van der Waals surface area contributed by atoms with E-state index in [1.807, 2.05) is 4.98 Å². The van der Waals surface area contributed by atoms with Gasteiger partial charge in [-0.2, -0.15) is 0 Å². The molecule has 2 rings (SSSR count). The van der Waals surface area contributed by atoms with Crippen molar-refractivity contribution >= 4 is 0 Å². The topological polar surface area (TPSA) is 151 Å². The van der Waals surface area contributed by atoms with Crippen molar-refractivity contribution in [3.8, 4) is 0 Å². The van der Waals surface area contributed by atoms with Gasteiger partial charge in [-0.3, -0.25) is 14.3 Å². The van der Waals surface area contributed by atoms with E-state index in [9.17, 15) is 19.8 Å². The summed E-state index contributed by atoms with van der Waals surface area (Å²) in [4.78, 5) is 25.1. The minimum atomic E-state index is -1.40. The molecule has 1 aromatic heterocycles. The fourth-order valence-corrected chi connectivity index (χ4v) is 1.97. The fraction of sp³-hybridized carbons (Fsp3) is 0.600. The maximum Gasteiger partial charge on any atom is 0.330 e. The summed E-state index contributed by atoms with van der Waals surface area (Å²) in [7, 11) is 0. The molecular formula is C10H15N3O6. The third-order valence-corrected chi connectivity index (χ3v) is 3.05. The summed E-state index contributed by atoms with van der Waals surface area (Å²) in [6.45, 7) is -0.596. The van der Waals surface area contributed by atoms with Crippen molar-refractivity contribution in [3.63, 3.8) is 0 Å². The summed E-state index contributed by atoms with van der Waals surface area (Å²) in [5.74, 6) is 0. The Morgan fingerprint density at radius 1 is 1.37 bits per heavy atom. The van der Waals surface area contributed by atoms with E-state index in [4.69, 9.17) is 15.6 Å². The van der Waals surface area contributed by atoms with Crippen LogP contribution in [0.15, 0.2) is 15.8 Å². The van der Waals surface area contributed by atoms with Crippen molar-refractivity contribution in [2.45, 2.75) is 31.1 Å². The molecule has 6 N–H and O–H groups in total. The summed E-state index contributed by atoms with van der Waals surface area (Å²) in [5.41, 5.74) is 4.08. The number of H-pyrrole nitrogens is 1. The lowest BCUT2D eigenvalue weighted by molar-refractivity contribution is -0.0551. The average Bonchev–Trinajstić information content (AvgIpc) is 2.67. The normalized spacial score (nSPS) is 30.7. The smallest absolute Gasteiger partial charge is 0.330 e. The number of hydrogen-bond donors (Lipinski definition) is 5. The molecule has 0 saturated carbocycles. The lowest BCUT2D eigenvalue weighted by atomic mass is 10.1. The molecule has 4 atom stereocenters. The van der Waals surface area contributed by atoms with Crippen LogP contribution in [0.5, 0.6) is 0 Å². The molecule has 1 unspecified atom stereocenters. The summed E-state index contributed by atoms with van der Waals surface area (Å²) in [6, 6.07) is 0. The summed E-state index contributed by atoms with van der Waals surface area (Å²) in [6.07, 6.45) is -3.75. The number of nitrogens with zero attached hydrogens (tertiary/aromatic N) is 1. The average molecular weight is 273 g/mol. The van der Waals surface area contributed by atoms with Gasteiger partial charge in [0.2, 0.25) is 0 Å². The van der Waals surface area contributed by atoms with Gasteiger partial charge >= 0.3 is 5.69 Å². The van der Waals surface area contributed by atoms with Crippen molar-refractivity contribution in [3.05, 3.63) is 32.6 Å². The summed E-state index contributed by atoms with van der Waals surface area (Å²) in [5, 5.41) is 28.4. The maximum atomic E-state index is 11.7. The van der Waals surface area contributed by atoms with Crippen molar-refractivity contribution in [2.24, 2.45) is 5.73 Å². The van der Waals surface area contributed by atoms with Crippen molar-refractivity contribution < 1.29 is 20.1 Å². The van der Waals surface area contributed by atoms with E-state index < -0.39 is 42.4 Å². The highest BCUT2D eigenvalue weighted by atomic mass is 16.6. The van der Waals surface area contributed by atoms with Crippen LogP contribution >= 0.6 is 0 Å². The Morgan fingerprint density at radius 3 is 2.58 bits per heavy atom. The monoisotopic (exact) mass is 273 g/mol. The molecule has 0 bridgehead atoms. The van der Waals surface area contributed by atoms with Crippen LogP contribution in [0.3, 0.4) is 0 Å². The van der Waals surface area contributed by atoms with E-state index in [1.165, 1.54) is 6.20 Å². The molecule has 9 nitrogen and oxygen atoms in total. The molecule has 1 saturated heterocycles. The zero-order chi connectivity index (χ0) is 14.2. The molecular weight excluding hydrogens is 258 g/mol. The second-order valence-corrected chi connectivity index (χ2v) is 4.25. The zero-order valence-corrected chi connectivity index (χ0v) is 9.89. The fourth-order valence-electron chi connectivity index (χ4n) is 1.97. The molecule has 19 heavy (non-hydrogen) atoms. The quantitative estimate of drug-likeness (QED) is 0.385. The van der Waals surface area contributed by atoms with Gasteiger partial charge in [-0.05, 0) is 0 Å².